The molecule has 2 aromatic rings. The van der Waals surface area contributed by atoms with Gasteiger partial charge in [-0.2, -0.15) is 0 Å². The number of nitrogens with zero attached hydrogens (tertiary/aromatic N) is 1. The predicted octanol–water partition coefficient (Wildman–Crippen LogP) is 2.97. The maximum absolute atomic E-state index is 12.4. The Labute approximate surface area is 154 Å². The molecule has 1 heterocycles. The highest BCUT2D eigenvalue weighted by atomic mass is 16.3. The normalized spacial score (nSPS) is 10.8. The standard InChI is InChI=1S/C21H24N2O3/c1-5-12-23(15-18-7-6-13-26-18)19(24)14-22-20(25)16-8-10-17(11-9-16)21(2,3)4/h1,6-11,13H,12,14-15H2,2-4H3,(H,22,25). The van der Waals surface area contributed by atoms with Gasteiger partial charge in [-0.1, -0.05) is 38.8 Å². The number of hydrogen-bond donors (Lipinski definition) is 1. The van der Waals surface area contributed by atoms with Gasteiger partial charge in [0.15, 0.2) is 0 Å². The molecule has 0 bridgehead atoms. The molecule has 5 heteroatoms. The summed E-state index contributed by atoms with van der Waals surface area (Å²) in [6, 6.07) is 10.9. The van der Waals surface area contributed by atoms with E-state index in [0.29, 0.717) is 11.3 Å². The van der Waals surface area contributed by atoms with Gasteiger partial charge in [0.05, 0.1) is 25.9 Å². The van der Waals surface area contributed by atoms with Gasteiger partial charge in [0.25, 0.3) is 5.91 Å². The molecule has 0 radical (unpaired) electrons. The second-order valence-electron chi connectivity index (χ2n) is 7.04. The largest absolute Gasteiger partial charge is 0.467 e. The molecule has 26 heavy (non-hydrogen) atoms. The fraction of sp³-hybridized carbons (Fsp3) is 0.333. The first kappa shape index (κ1) is 19.3. The van der Waals surface area contributed by atoms with Crippen LogP contribution in [0.4, 0.5) is 0 Å². The molecule has 0 spiro atoms. The SMILES string of the molecule is C#CCN(Cc1ccco1)C(=O)CNC(=O)c1ccc(C(C)(C)C)cc1. The average molecular weight is 352 g/mol. The molecule has 136 valence electrons. The predicted molar refractivity (Wildman–Crippen MR) is 100 cm³/mol. The van der Waals surface area contributed by atoms with Gasteiger partial charge in [0.2, 0.25) is 5.91 Å². The van der Waals surface area contributed by atoms with E-state index in [0.717, 1.165) is 5.56 Å². The molecule has 2 amide bonds. The molecular formula is C21H24N2O3. The van der Waals surface area contributed by atoms with Gasteiger partial charge in [0.1, 0.15) is 5.76 Å². The first-order valence-electron chi connectivity index (χ1n) is 8.43. The highest BCUT2D eigenvalue weighted by molar-refractivity contribution is 5.96. The Kier molecular flexibility index (Phi) is 6.24. The van der Waals surface area contributed by atoms with Crippen molar-refractivity contribution in [2.45, 2.75) is 32.7 Å². The van der Waals surface area contributed by atoms with Gasteiger partial charge in [-0.3, -0.25) is 9.59 Å². The lowest BCUT2D eigenvalue weighted by Crippen LogP contribution is -2.40. The molecule has 0 aliphatic carbocycles. The fourth-order valence-electron chi connectivity index (χ4n) is 2.42. The molecule has 0 saturated heterocycles. The molecule has 0 atom stereocenters. The Morgan fingerprint density at radius 2 is 1.88 bits per heavy atom. The van der Waals surface area contributed by atoms with E-state index in [1.807, 2.05) is 12.1 Å². The highest BCUT2D eigenvalue weighted by Crippen LogP contribution is 2.22. The number of terminal acetylenes is 1. The van der Waals surface area contributed by atoms with E-state index in [1.165, 1.54) is 11.2 Å². The van der Waals surface area contributed by atoms with Crippen LogP contribution in [-0.2, 0) is 16.8 Å². The van der Waals surface area contributed by atoms with Gasteiger partial charge in [-0.05, 0) is 35.2 Å². The number of nitrogens with one attached hydrogen (secondary N) is 1. The van der Waals surface area contributed by atoms with Crippen LogP contribution in [0.25, 0.3) is 0 Å². The second kappa shape index (κ2) is 8.39. The number of furan rings is 1. The van der Waals surface area contributed by atoms with Gasteiger partial charge in [0, 0.05) is 5.56 Å². The summed E-state index contributed by atoms with van der Waals surface area (Å²) < 4.78 is 5.24. The van der Waals surface area contributed by atoms with E-state index >= 15 is 0 Å². The zero-order valence-electron chi connectivity index (χ0n) is 15.4. The van der Waals surface area contributed by atoms with Crippen molar-refractivity contribution in [3.05, 3.63) is 59.5 Å². The van der Waals surface area contributed by atoms with Crippen molar-refractivity contribution in [2.75, 3.05) is 13.1 Å². The van der Waals surface area contributed by atoms with E-state index in [4.69, 9.17) is 10.8 Å². The van der Waals surface area contributed by atoms with Gasteiger partial charge >= 0.3 is 0 Å². The van der Waals surface area contributed by atoms with E-state index < -0.39 is 0 Å². The topological polar surface area (TPSA) is 62.6 Å². The summed E-state index contributed by atoms with van der Waals surface area (Å²) in [5, 5.41) is 2.65. The van der Waals surface area contributed by atoms with Crippen LogP contribution in [-0.4, -0.2) is 29.8 Å². The third-order valence-electron chi connectivity index (χ3n) is 3.97. The zero-order valence-corrected chi connectivity index (χ0v) is 15.4. The minimum absolute atomic E-state index is 0.0204. The molecule has 0 fully saturated rings. The van der Waals surface area contributed by atoms with Crippen molar-refractivity contribution in [3.8, 4) is 12.3 Å². The molecule has 5 nitrogen and oxygen atoms in total. The van der Waals surface area contributed by atoms with Gasteiger partial charge < -0.3 is 14.6 Å². The van der Waals surface area contributed by atoms with Crippen LogP contribution in [0.1, 0.15) is 42.5 Å². The van der Waals surface area contributed by atoms with Crippen LogP contribution in [0.3, 0.4) is 0 Å². The van der Waals surface area contributed by atoms with E-state index in [2.05, 4.69) is 32.0 Å². The Morgan fingerprint density at radius 3 is 2.42 bits per heavy atom. The number of amides is 2. The van der Waals surface area contributed by atoms with Gasteiger partial charge in [-0.25, -0.2) is 0 Å². The summed E-state index contributed by atoms with van der Waals surface area (Å²) in [4.78, 5) is 26.1. The average Bonchev–Trinajstić information content (AvgIpc) is 3.11. The Morgan fingerprint density at radius 1 is 1.19 bits per heavy atom. The van der Waals surface area contributed by atoms with Crippen molar-refractivity contribution in [3.63, 3.8) is 0 Å². The quantitative estimate of drug-likeness (QED) is 0.813. The maximum Gasteiger partial charge on any atom is 0.251 e. The Balaban J connectivity index is 1.94. The summed E-state index contributed by atoms with van der Waals surface area (Å²) >= 11 is 0. The summed E-state index contributed by atoms with van der Waals surface area (Å²) in [5.74, 6) is 2.53. The number of hydrogen-bond acceptors (Lipinski definition) is 3. The van der Waals surface area contributed by atoms with Crippen molar-refractivity contribution in [2.24, 2.45) is 0 Å². The van der Waals surface area contributed by atoms with Crippen LogP contribution in [0.5, 0.6) is 0 Å². The van der Waals surface area contributed by atoms with Crippen molar-refractivity contribution in [1.82, 2.24) is 10.2 Å². The van der Waals surface area contributed by atoms with Crippen molar-refractivity contribution >= 4 is 11.8 Å². The lowest BCUT2D eigenvalue weighted by Gasteiger charge is -2.20. The third-order valence-corrected chi connectivity index (χ3v) is 3.97. The molecule has 0 saturated carbocycles. The molecule has 0 aliphatic rings. The van der Waals surface area contributed by atoms with Crippen molar-refractivity contribution < 1.29 is 14.0 Å². The summed E-state index contributed by atoms with van der Waals surface area (Å²) in [6.45, 7) is 6.63. The molecule has 0 aliphatic heterocycles. The first-order chi connectivity index (χ1) is 12.3. The minimum Gasteiger partial charge on any atom is -0.467 e. The van der Waals surface area contributed by atoms with Gasteiger partial charge in [-0.15, -0.1) is 6.42 Å². The summed E-state index contributed by atoms with van der Waals surface area (Å²) in [7, 11) is 0. The summed E-state index contributed by atoms with van der Waals surface area (Å²) in [6.07, 6.45) is 6.87. The highest BCUT2D eigenvalue weighted by Gasteiger charge is 2.17. The number of rotatable bonds is 6. The maximum atomic E-state index is 12.4. The van der Waals surface area contributed by atoms with Crippen LogP contribution < -0.4 is 5.32 Å². The Bertz CT molecular complexity index is 778. The third kappa shape index (κ3) is 5.25. The first-order valence-corrected chi connectivity index (χ1v) is 8.43. The van der Waals surface area contributed by atoms with Crippen LogP contribution in [0.15, 0.2) is 47.1 Å². The van der Waals surface area contributed by atoms with E-state index in [1.54, 1.807) is 24.3 Å². The monoisotopic (exact) mass is 352 g/mol. The minimum atomic E-state index is -0.294. The Hall–Kier alpha value is -3.00. The van der Waals surface area contributed by atoms with E-state index in [9.17, 15) is 9.59 Å². The second-order valence-corrected chi connectivity index (χ2v) is 7.04. The molecular weight excluding hydrogens is 328 g/mol. The molecule has 1 aromatic heterocycles. The lowest BCUT2D eigenvalue weighted by molar-refractivity contribution is -0.130. The van der Waals surface area contributed by atoms with E-state index in [-0.39, 0.29) is 36.9 Å². The molecule has 1 N–H and O–H groups in total. The number of benzene rings is 1. The molecule has 2 rings (SSSR count). The smallest absolute Gasteiger partial charge is 0.251 e. The fourth-order valence-corrected chi connectivity index (χ4v) is 2.42. The van der Waals surface area contributed by atoms with Crippen LogP contribution >= 0.6 is 0 Å². The number of carbonyl (C=O) groups is 2. The van der Waals surface area contributed by atoms with Crippen molar-refractivity contribution in [1.29, 1.82) is 0 Å². The number of carbonyl (C=O) groups excluding carboxylic acids is 2. The summed E-state index contributed by atoms with van der Waals surface area (Å²) in [5.41, 5.74) is 1.68. The zero-order chi connectivity index (χ0) is 19.2. The van der Waals surface area contributed by atoms with Crippen LogP contribution in [0.2, 0.25) is 0 Å². The lowest BCUT2D eigenvalue weighted by atomic mass is 9.87. The molecule has 1 aromatic carbocycles. The van der Waals surface area contributed by atoms with Crippen LogP contribution in [0, 0.1) is 12.3 Å². The molecule has 0 unspecified atom stereocenters.